The number of pyridine rings is 1. The second-order valence-corrected chi connectivity index (χ2v) is 11.4. The number of fused-ring (bicyclic) bond motifs is 2. The lowest BCUT2D eigenvalue weighted by molar-refractivity contribution is -0.127. The van der Waals surface area contributed by atoms with Crippen LogP contribution in [0, 0.1) is 0 Å². The van der Waals surface area contributed by atoms with Crippen LogP contribution in [-0.2, 0) is 29.0 Å². The van der Waals surface area contributed by atoms with Gasteiger partial charge in [0.05, 0.1) is 17.6 Å². The minimum absolute atomic E-state index is 0.0310. The Morgan fingerprint density at radius 2 is 1.82 bits per heavy atom. The molecule has 1 atom stereocenters. The molecule has 2 heterocycles. The molecular weight excluding hydrogens is 568 g/mol. The lowest BCUT2D eigenvalue weighted by Crippen LogP contribution is -2.39. The molecule has 1 aromatic heterocycles. The molecule has 0 spiro atoms. The van der Waals surface area contributed by atoms with Gasteiger partial charge in [0, 0.05) is 54.4 Å². The van der Waals surface area contributed by atoms with Gasteiger partial charge in [0.25, 0.3) is 5.91 Å². The Labute approximate surface area is 263 Å². The number of nitrogens with one attached hydrogen (secondary N) is 2. The highest BCUT2D eigenvalue weighted by molar-refractivity contribution is 6.07. The maximum Gasteiger partial charge on any atom is 0.407 e. The molecule has 5 rings (SSSR count). The molecule has 0 bridgehead atoms. The highest BCUT2D eigenvalue weighted by Crippen LogP contribution is 2.29. The molecule has 234 valence electrons. The zero-order valence-corrected chi connectivity index (χ0v) is 25.8. The van der Waals surface area contributed by atoms with Crippen LogP contribution < -0.4 is 16.4 Å². The van der Waals surface area contributed by atoms with E-state index in [-0.39, 0.29) is 30.9 Å². The summed E-state index contributed by atoms with van der Waals surface area (Å²) in [6.45, 7) is 5.70. The monoisotopic (exact) mass is 608 g/mol. The number of benzene rings is 2. The van der Waals surface area contributed by atoms with Gasteiger partial charge in [-0.1, -0.05) is 50.2 Å². The van der Waals surface area contributed by atoms with Crippen LogP contribution >= 0.6 is 0 Å². The van der Waals surface area contributed by atoms with Gasteiger partial charge in [-0.3, -0.25) is 14.6 Å². The quantitative estimate of drug-likeness (QED) is 0.276. The van der Waals surface area contributed by atoms with Gasteiger partial charge in [0.15, 0.2) is 0 Å². The molecule has 2 aromatic carbocycles. The molecule has 0 radical (unpaired) electrons. The van der Waals surface area contributed by atoms with Crippen LogP contribution in [0.25, 0.3) is 6.08 Å². The van der Waals surface area contributed by atoms with Crippen LogP contribution in [0.4, 0.5) is 16.2 Å². The maximum absolute atomic E-state index is 13.3. The van der Waals surface area contributed by atoms with Gasteiger partial charge in [-0.05, 0) is 61.1 Å². The Bertz CT molecular complexity index is 1610. The van der Waals surface area contributed by atoms with Crippen LogP contribution in [0.15, 0.2) is 71.4 Å². The second-order valence-electron chi connectivity index (χ2n) is 11.4. The number of alkyl carbamates (subject to hydrolysis) is 1. The number of aryl methyl sites for hydroxylation is 1. The summed E-state index contributed by atoms with van der Waals surface area (Å²) in [6, 6.07) is 16.6. The van der Waals surface area contributed by atoms with Gasteiger partial charge in [0.2, 0.25) is 5.91 Å². The van der Waals surface area contributed by atoms with Crippen molar-refractivity contribution in [3.05, 3.63) is 94.3 Å². The summed E-state index contributed by atoms with van der Waals surface area (Å²) in [4.78, 5) is 49.8. The predicted octanol–water partition coefficient (Wildman–Crippen LogP) is 5.54. The Morgan fingerprint density at radius 1 is 1.04 bits per heavy atom. The molecule has 10 nitrogen and oxygen atoms in total. The number of amides is 3. The third kappa shape index (κ3) is 8.14. The number of aliphatic imine (C=N–C) groups is 1. The van der Waals surface area contributed by atoms with E-state index >= 15 is 0 Å². The molecule has 2 aliphatic rings. The Balaban J connectivity index is 1.21. The lowest BCUT2D eigenvalue weighted by Gasteiger charge is -2.25. The third-order valence-electron chi connectivity index (χ3n) is 7.86. The summed E-state index contributed by atoms with van der Waals surface area (Å²) in [5.41, 5.74) is 12.0. The standard InChI is InChI=1S/C35H40N6O4/c1-3-14-41(15-4-2)34(43)27-16-24-10-11-26(18-31(24)40-32(36)19-27)33(42)38-29-17-25-12-13-28(20-30(25)37-21-29)39-35(44)45-22-23-8-6-5-7-9-23/h5-11,16-18,21,28H,3-4,12-15,19-20,22H2,1-2H3,(H2,36,40)(H,38,42)(H,39,44). The van der Waals surface area contributed by atoms with Crippen LogP contribution in [0.1, 0.15) is 72.3 Å². The number of rotatable bonds is 10. The number of carbonyl (C=O) groups is 3. The van der Waals surface area contributed by atoms with Gasteiger partial charge in [-0.15, -0.1) is 0 Å². The Hall–Kier alpha value is -4.99. The number of carbonyl (C=O) groups excluding carboxylic acids is 3. The van der Waals surface area contributed by atoms with E-state index in [1.54, 1.807) is 24.4 Å². The van der Waals surface area contributed by atoms with Crippen LogP contribution in [0.3, 0.4) is 0 Å². The van der Waals surface area contributed by atoms with Crippen molar-refractivity contribution >= 4 is 41.2 Å². The predicted molar refractivity (Wildman–Crippen MR) is 175 cm³/mol. The van der Waals surface area contributed by atoms with E-state index < -0.39 is 6.09 Å². The van der Waals surface area contributed by atoms with Crippen LogP contribution in [0.5, 0.6) is 0 Å². The number of hydrogen-bond acceptors (Lipinski definition) is 7. The maximum atomic E-state index is 13.3. The van der Waals surface area contributed by atoms with Crippen molar-refractivity contribution < 1.29 is 19.1 Å². The van der Waals surface area contributed by atoms with Gasteiger partial charge >= 0.3 is 6.09 Å². The SMILES string of the molecule is CCCN(CCC)C(=O)C1=Cc2ccc(C(=O)Nc3cnc4c(c3)CCC(NC(=O)OCc3ccccc3)C4)cc2N=C(N)C1. The first-order valence-electron chi connectivity index (χ1n) is 15.6. The summed E-state index contributed by atoms with van der Waals surface area (Å²) < 4.78 is 5.36. The van der Waals surface area contributed by atoms with Crippen molar-refractivity contribution in [1.29, 1.82) is 0 Å². The Morgan fingerprint density at radius 3 is 2.58 bits per heavy atom. The molecular formula is C35H40N6O4. The summed E-state index contributed by atoms with van der Waals surface area (Å²) in [5, 5.41) is 5.88. The zero-order valence-electron chi connectivity index (χ0n) is 25.8. The van der Waals surface area contributed by atoms with Crippen molar-refractivity contribution in [2.24, 2.45) is 10.7 Å². The van der Waals surface area contributed by atoms with E-state index in [9.17, 15) is 14.4 Å². The van der Waals surface area contributed by atoms with E-state index in [1.807, 2.05) is 47.4 Å². The number of nitrogens with two attached hydrogens (primary N) is 1. The Kier molecular flexibility index (Phi) is 10.2. The molecule has 4 N–H and O–H groups in total. The molecule has 10 heteroatoms. The van der Waals surface area contributed by atoms with Crippen molar-refractivity contribution in [1.82, 2.24) is 15.2 Å². The summed E-state index contributed by atoms with van der Waals surface area (Å²) in [5.74, 6) is -0.00190. The molecule has 3 amide bonds. The summed E-state index contributed by atoms with van der Waals surface area (Å²) in [7, 11) is 0. The van der Waals surface area contributed by atoms with Crippen molar-refractivity contribution in [3.8, 4) is 0 Å². The number of aromatic nitrogens is 1. The molecule has 0 saturated heterocycles. The molecule has 1 unspecified atom stereocenters. The van der Waals surface area contributed by atoms with Gasteiger partial charge in [-0.2, -0.15) is 0 Å². The number of anilines is 1. The molecule has 0 fully saturated rings. The van der Waals surface area contributed by atoms with Gasteiger partial charge in [-0.25, -0.2) is 9.79 Å². The zero-order chi connectivity index (χ0) is 31.8. The molecule has 3 aromatic rings. The largest absolute Gasteiger partial charge is 0.445 e. The molecule has 45 heavy (non-hydrogen) atoms. The normalized spacial score (nSPS) is 15.4. The first-order chi connectivity index (χ1) is 21.8. The van der Waals surface area contributed by atoms with E-state index in [4.69, 9.17) is 10.5 Å². The average molecular weight is 609 g/mol. The smallest absolute Gasteiger partial charge is 0.407 e. The van der Waals surface area contributed by atoms with Crippen molar-refractivity contribution in [2.45, 2.75) is 65.0 Å². The number of ether oxygens (including phenoxy) is 1. The molecule has 1 aliphatic carbocycles. The highest BCUT2D eigenvalue weighted by Gasteiger charge is 2.24. The van der Waals surface area contributed by atoms with Gasteiger partial charge < -0.3 is 26.0 Å². The third-order valence-corrected chi connectivity index (χ3v) is 7.86. The van der Waals surface area contributed by atoms with Crippen molar-refractivity contribution in [3.63, 3.8) is 0 Å². The van der Waals surface area contributed by atoms with Gasteiger partial charge in [0.1, 0.15) is 12.4 Å². The van der Waals surface area contributed by atoms with E-state index in [1.165, 1.54) is 0 Å². The first-order valence-corrected chi connectivity index (χ1v) is 15.6. The summed E-state index contributed by atoms with van der Waals surface area (Å²) >= 11 is 0. The fraction of sp³-hybridized carbons (Fsp3) is 0.343. The second kappa shape index (κ2) is 14.7. The number of hydrogen-bond donors (Lipinski definition) is 3. The average Bonchev–Trinajstić information content (AvgIpc) is 3.21. The number of amidine groups is 1. The first kappa shape index (κ1) is 31.4. The lowest BCUT2D eigenvalue weighted by atomic mass is 9.92. The number of nitrogens with zero attached hydrogens (tertiary/aromatic N) is 3. The molecule has 1 aliphatic heterocycles. The topological polar surface area (TPSA) is 139 Å². The molecule has 0 saturated carbocycles. The van der Waals surface area contributed by atoms with Crippen molar-refractivity contribution in [2.75, 3.05) is 18.4 Å². The minimum Gasteiger partial charge on any atom is -0.445 e. The van der Waals surface area contributed by atoms with E-state index in [2.05, 4.69) is 34.5 Å². The summed E-state index contributed by atoms with van der Waals surface area (Å²) in [6.07, 6.45) is 7.06. The highest BCUT2D eigenvalue weighted by atomic mass is 16.5. The van der Waals surface area contributed by atoms with Crippen LogP contribution in [0.2, 0.25) is 0 Å². The fourth-order valence-electron chi connectivity index (χ4n) is 5.66. The van der Waals surface area contributed by atoms with E-state index in [0.29, 0.717) is 54.3 Å². The van der Waals surface area contributed by atoms with Crippen LogP contribution in [-0.4, -0.2) is 52.8 Å². The fourth-order valence-corrected chi connectivity index (χ4v) is 5.66. The minimum atomic E-state index is -0.448. The van der Waals surface area contributed by atoms with E-state index in [0.717, 1.165) is 41.6 Å².